The molecule has 0 fully saturated rings. The van der Waals surface area contributed by atoms with Gasteiger partial charge in [-0.15, -0.1) is 0 Å². The molecule has 22 heavy (non-hydrogen) atoms. The van der Waals surface area contributed by atoms with Gasteiger partial charge in [0.1, 0.15) is 0 Å². The van der Waals surface area contributed by atoms with Crippen molar-refractivity contribution in [1.29, 1.82) is 0 Å². The number of aromatic amines is 1. The summed E-state index contributed by atoms with van der Waals surface area (Å²) in [6.45, 7) is 4.08. The fourth-order valence-corrected chi connectivity index (χ4v) is 3.42. The van der Waals surface area contributed by atoms with Crippen molar-refractivity contribution in [3.63, 3.8) is 0 Å². The highest BCUT2D eigenvalue weighted by Gasteiger charge is 2.32. The molecule has 1 aliphatic heterocycles. The van der Waals surface area contributed by atoms with Crippen molar-refractivity contribution in [2.45, 2.75) is 26.2 Å². The normalized spacial score (nSPS) is 17.4. The largest absolute Gasteiger partial charge is 0.309 e. The Hall–Kier alpha value is -2.69. The predicted octanol–water partition coefficient (Wildman–Crippen LogP) is 3.05. The number of amides is 1. The van der Waals surface area contributed by atoms with Gasteiger partial charge in [0.05, 0.1) is 5.52 Å². The maximum atomic E-state index is 12.1. The monoisotopic (exact) mass is 292 g/mol. The van der Waals surface area contributed by atoms with Crippen molar-refractivity contribution in [2.24, 2.45) is 0 Å². The van der Waals surface area contributed by atoms with E-state index in [2.05, 4.69) is 39.6 Å². The van der Waals surface area contributed by atoms with Crippen LogP contribution < -0.4 is 5.32 Å². The summed E-state index contributed by atoms with van der Waals surface area (Å²) in [6, 6.07) is 8.12. The summed E-state index contributed by atoms with van der Waals surface area (Å²) in [4.78, 5) is 16.5. The number of carbonyl (C=O) groups is 1. The fraction of sp³-hybridized carbons (Fsp3) is 0.235. The van der Waals surface area contributed by atoms with E-state index >= 15 is 0 Å². The number of hydrogen-bond acceptors (Lipinski definition) is 3. The zero-order valence-electron chi connectivity index (χ0n) is 12.5. The fourth-order valence-electron chi connectivity index (χ4n) is 3.42. The average Bonchev–Trinajstić information content (AvgIpc) is 2.88. The van der Waals surface area contributed by atoms with E-state index in [0.717, 1.165) is 22.2 Å². The molecule has 0 saturated heterocycles. The predicted molar refractivity (Wildman–Crippen MR) is 84.9 cm³/mol. The lowest BCUT2D eigenvalue weighted by atomic mass is 9.82. The number of aryl methyl sites for hydroxylation is 2. The first-order valence-electron chi connectivity index (χ1n) is 7.34. The van der Waals surface area contributed by atoms with E-state index in [4.69, 9.17) is 0 Å². The first-order valence-corrected chi connectivity index (χ1v) is 7.34. The number of pyridine rings is 1. The van der Waals surface area contributed by atoms with Gasteiger partial charge < -0.3 is 5.32 Å². The highest BCUT2D eigenvalue weighted by Crippen LogP contribution is 2.41. The van der Waals surface area contributed by atoms with E-state index < -0.39 is 0 Å². The molecular formula is C17H16N4O. The first kappa shape index (κ1) is 13.0. The summed E-state index contributed by atoms with van der Waals surface area (Å²) < 4.78 is 0. The molecule has 0 bridgehead atoms. The Morgan fingerprint density at radius 1 is 1.18 bits per heavy atom. The maximum absolute atomic E-state index is 12.1. The second kappa shape index (κ2) is 4.66. The van der Waals surface area contributed by atoms with E-state index in [-0.39, 0.29) is 11.8 Å². The Morgan fingerprint density at radius 2 is 2.05 bits per heavy atom. The van der Waals surface area contributed by atoms with Crippen molar-refractivity contribution >= 4 is 22.6 Å². The number of benzene rings is 1. The second-order valence-corrected chi connectivity index (χ2v) is 5.78. The van der Waals surface area contributed by atoms with Gasteiger partial charge in [-0.25, -0.2) is 0 Å². The number of aromatic nitrogens is 3. The van der Waals surface area contributed by atoms with Gasteiger partial charge in [0, 0.05) is 35.2 Å². The third-order valence-corrected chi connectivity index (χ3v) is 4.38. The Bertz CT molecular complexity index is 897. The molecule has 2 N–H and O–H groups in total. The van der Waals surface area contributed by atoms with E-state index in [0.29, 0.717) is 12.2 Å². The van der Waals surface area contributed by atoms with Crippen LogP contribution in [0.4, 0.5) is 5.82 Å². The van der Waals surface area contributed by atoms with Gasteiger partial charge in [-0.2, -0.15) is 5.10 Å². The van der Waals surface area contributed by atoms with Crippen molar-refractivity contribution in [3.8, 4) is 0 Å². The molecule has 110 valence electrons. The number of nitrogens with one attached hydrogen (secondary N) is 2. The first-order chi connectivity index (χ1) is 10.6. The highest BCUT2D eigenvalue weighted by molar-refractivity contribution is 5.96. The van der Waals surface area contributed by atoms with Crippen LogP contribution in [0.5, 0.6) is 0 Å². The number of anilines is 1. The van der Waals surface area contributed by atoms with Gasteiger partial charge in [-0.05, 0) is 37.1 Å². The summed E-state index contributed by atoms with van der Waals surface area (Å²) in [5.74, 6) is 0.665. The molecule has 0 saturated carbocycles. The summed E-state index contributed by atoms with van der Waals surface area (Å²) >= 11 is 0. The van der Waals surface area contributed by atoms with Gasteiger partial charge in [0.25, 0.3) is 0 Å². The number of hydrogen-bond donors (Lipinski definition) is 2. The van der Waals surface area contributed by atoms with E-state index in [1.54, 1.807) is 6.20 Å². The van der Waals surface area contributed by atoms with Gasteiger partial charge >= 0.3 is 0 Å². The average molecular weight is 292 g/mol. The van der Waals surface area contributed by atoms with Crippen molar-refractivity contribution in [1.82, 2.24) is 15.2 Å². The van der Waals surface area contributed by atoms with E-state index in [9.17, 15) is 4.79 Å². The number of fused-ring (bicyclic) bond motifs is 2. The lowest BCUT2D eigenvalue weighted by molar-refractivity contribution is -0.116. The van der Waals surface area contributed by atoms with Gasteiger partial charge in [0.15, 0.2) is 5.82 Å². The molecule has 4 rings (SSSR count). The van der Waals surface area contributed by atoms with Crippen LogP contribution in [-0.4, -0.2) is 21.1 Å². The minimum Gasteiger partial charge on any atom is -0.309 e. The van der Waals surface area contributed by atoms with E-state index in [1.165, 1.54) is 11.1 Å². The van der Waals surface area contributed by atoms with Crippen LogP contribution in [0.3, 0.4) is 0 Å². The highest BCUT2D eigenvalue weighted by atomic mass is 16.1. The summed E-state index contributed by atoms with van der Waals surface area (Å²) in [5, 5.41) is 11.2. The molecule has 5 heteroatoms. The summed E-state index contributed by atoms with van der Waals surface area (Å²) in [6.07, 6.45) is 2.23. The SMILES string of the molecule is Cc1ccc2ncccc2c1C1CC(=O)Nc2n[nH]c(C)c21. The van der Waals surface area contributed by atoms with Gasteiger partial charge in [-0.3, -0.25) is 14.9 Å². The Morgan fingerprint density at radius 3 is 2.91 bits per heavy atom. The standard InChI is InChI=1S/C17H16N4O/c1-9-5-6-13-11(4-3-7-18-13)15(9)12-8-14(22)19-17-16(12)10(2)20-21-17/h3-7,12H,8H2,1-2H3,(H2,19,20,21,22). The molecule has 2 aromatic heterocycles. The molecule has 3 heterocycles. The molecule has 1 aromatic carbocycles. The van der Waals surface area contributed by atoms with Crippen molar-refractivity contribution in [3.05, 3.63) is 52.8 Å². The zero-order valence-corrected chi connectivity index (χ0v) is 12.5. The minimum absolute atomic E-state index is 0.00398. The Kier molecular flexibility index (Phi) is 2.76. The van der Waals surface area contributed by atoms with Crippen LogP contribution in [0, 0.1) is 13.8 Å². The molecule has 0 radical (unpaired) electrons. The Labute approximate surface area is 127 Å². The van der Waals surface area contributed by atoms with Gasteiger partial charge in [0.2, 0.25) is 5.91 Å². The zero-order chi connectivity index (χ0) is 15.3. The smallest absolute Gasteiger partial charge is 0.226 e. The summed E-state index contributed by atoms with van der Waals surface area (Å²) in [5.41, 5.74) is 5.38. The third-order valence-electron chi connectivity index (χ3n) is 4.38. The summed E-state index contributed by atoms with van der Waals surface area (Å²) in [7, 11) is 0. The van der Waals surface area contributed by atoms with Crippen LogP contribution in [0.15, 0.2) is 30.5 Å². The molecule has 1 unspecified atom stereocenters. The van der Waals surface area contributed by atoms with Crippen LogP contribution in [-0.2, 0) is 4.79 Å². The van der Waals surface area contributed by atoms with Crippen LogP contribution >= 0.6 is 0 Å². The molecule has 3 aromatic rings. The quantitative estimate of drug-likeness (QED) is 0.724. The minimum atomic E-state index is 0.00398. The molecule has 1 atom stereocenters. The lowest BCUT2D eigenvalue weighted by Crippen LogP contribution is -2.24. The lowest BCUT2D eigenvalue weighted by Gasteiger charge is -2.25. The number of H-pyrrole nitrogens is 1. The second-order valence-electron chi connectivity index (χ2n) is 5.78. The number of carbonyl (C=O) groups excluding carboxylic acids is 1. The molecule has 5 nitrogen and oxygen atoms in total. The molecule has 1 aliphatic rings. The maximum Gasteiger partial charge on any atom is 0.226 e. The van der Waals surface area contributed by atoms with Crippen LogP contribution in [0.2, 0.25) is 0 Å². The Balaban J connectivity index is 2.02. The van der Waals surface area contributed by atoms with Crippen LogP contribution in [0.25, 0.3) is 10.9 Å². The molecule has 0 aliphatic carbocycles. The molecular weight excluding hydrogens is 276 g/mol. The molecule has 0 spiro atoms. The number of nitrogens with zero attached hydrogens (tertiary/aromatic N) is 2. The topological polar surface area (TPSA) is 70.7 Å². The van der Waals surface area contributed by atoms with Crippen LogP contribution in [0.1, 0.15) is 34.7 Å². The third kappa shape index (κ3) is 1.82. The molecule has 1 amide bonds. The van der Waals surface area contributed by atoms with Gasteiger partial charge in [-0.1, -0.05) is 12.1 Å². The number of rotatable bonds is 1. The van der Waals surface area contributed by atoms with E-state index in [1.807, 2.05) is 19.1 Å². The van der Waals surface area contributed by atoms with Crippen molar-refractivity contribution in [2.75, 3.05) is 5.32 Å². The van der Waals surface area contributed by atoms with Crippen molar-refractivity contribution < 1.29 is 4.79 Å².